The van der Waals surface area contributed by atoms with E-state index in [-0.39, 0.29) is 12.2 Å². The average molecular weight is 270 g/mol. The molecule has 5 heteroatoms. The number of pyridine rings is 1. The SMILES string of the molecule is O=C(Nc1ccc(C#CCO)cc1)c1ccncc1F. The summed E-state index contributed by atoms with van der Waals surface area (Å²) in [6, 6.07) is 8.00. The number of anilines is 1. The largest absolute Gasteiger partial charge is 0.384 e. The van der Waals surface area contributed by atoms with E-state index in [0.717, 1.165) is 6.20 Å². The van der Waals surface area contributed by atoms with Gasteiger partial charge in [-0.25, -0.2) is 4.39 Å². The number of nitrogens with one attached hydrogen (secondary N) is 1. The third-order valence-corrected chi connectivity index (χ3v) is 2.47. The molecule has 2 aromatic rings. The summed E-state index contributed by atoms with van der Waals surface area (Å²) in [6.07, 6.45) is 2.34. The maximum atomic E-state index is 13.4. The van der Waals surface area contributed by atoms with Crippen LogP contribution >= 0.6 is 0 Å². The first-order valence-electron chi connectivity index (χ1n) is 5.81. The summed E-state index contributed by atoms with van der Waals surface area (Å²) in [5.74, 6) is 4.04. The van der Waals surface area contributed by atoms with E-state index in [1.807, 2.05) is 0 Å². The smallest absolute Gasteiger partial charge is 0.258 e. The lowest BCUT2D eigenvalue weighted by Gasteiger charge is -2.05. The van der Waals surface area contributed by atoms with Gasteiger partial charge in [-0.3, -0.25) is 9.78 Å². The zero-order valence-electron chi connectivity index (χ0n) is 10.4. The van der Waals surface area contributed by atoms with Crippen molar-refractivity contribution in [3.8, 4) is 11.8 Å². The van der Waals surface area contributed by atoms with Gasteiger partial charge in [0.15, 0.2) is 5.82 Å². The Morgan fingerprint density at radius 3 is 2.70 bits per heavy atom. The first-order valence-corrected chi connectivity index (χ1v) is 5.81. The third-order valence-electron chi connectivity index (χ3n) is 2.47. The second kappa shape index (κ2) is 6.45. The van der Waals surface area contributed by atoms with Crippen LogP contribution in [0.5, 0.6) is 0 Å². The molecule has 4 nitrogen and oxygen atoms in total. The highest BCUT2D eigenvalue weighted by Gasteiger charge is 2.11. The molecule has 0 spiro atoms. The molecular weight excluding hydrogens is 259 g/mol. The van der Waals surface area contributed by atoms with E-state index in [4.69, 9.17) is 5.11 Å². The van der Waals surface area contributed by atoms with Crippen molar-refractivity contribution in [1.82, 2.24) is 4.98 Å². The number of aliphatic hydroxyl groups excluding tert-OH is 1. The molecule has 1 heterocycles. The molecule has 1 amide bonds. The quantitative estimate of drug-likeness (QED) is 0.818. The summed E-state index contributed by atoms with van der Waals surface area (Å²) in [5, 5.41) is 11.2. The molecule has 0 aliphatic carbocycles. The summed E-state index contributed by atoms with van der Waals surface area (Å²) >= 11 is 0. The van der Waals surface area contributed by atoms with Crippen LogP contribution in [0.3, 0.4) is 0 Å². The van der Waals surface area contributed by atoms with E-state index in [0.29, 0.717) is 11.3 Å². The number of carbonyl (C=O) groups is 1. The van der Waals surface area contributed by atoms with Crippen molar-refractivity contribution in [2.24, 2.45) is 0 Å². The number of aromatic nitrogens is 1. The summed E-state index contributed by atoms with van der Waals surface area (Å²) in [4.78, 5) is 15.4. The molecule has 2 rings (SSSR count). The van der Waals surface area contributed by atoms with Gasteiger partial charge in [0, 0.05) is 17.4 Å². The van der Waals surface area contributed by atoms with Crippen molar-refractivity contribution in [3.05, 3.63) is 59.7 Å². The second-order valence-electron chi connectivity index (χ2n) is 3.85. The van der Waals surface area contributed by atoms with Crippen LogP contribution in [-0.4, -0.2) is 22.6 Å². The minimum atomic E-state index is -0.671. The molecule has 0 radical (unpaired) electrons. The molecule has 0 unspecified atom stereocenters. The van der Waals surface area contributed by atoms with Crippen molar-refractivity contribution in [2.45, 2.75) is 0 Å². The Kier molecular flexibility index (Phi) is 4.43. The Balaban J connectivity index is 2.11. The van der Waals surface area contributed by atoms with Crippen LogP contribution in [0.2, 0.25) is 0 Å². The summed E-state index contributed by atoms with van der Waals surface area (Å²) in [7, 11) is 0. The van der Waals surface area contributed by atoms with Crippen LogP contribution in [0.25, 0.3) is 0 Å². The van der Waals surface area contributed by atoms with Crippen LogP contribution in [0.15, 0.2) is 42.7 Å². The number of aliphatic hydroxyl groups is 1. The van der Waals surface area contributed by atoms with E-state index in [2.05, 4.69) is 22.1 Å². The molecule has 0 fully saturated rings. The maximum Gasteiger partial charge on any atom is 0.258 e. The standard InChI is InChI=1S/C15H11FN2O2/c16-14-10-17-8-7-13(14)15(20)18-12-5-3-11(4-6-12)2-1-9-19/h3-8,10,19H,9H2,(H,18,20). The zero-order valence-corrected chi connectivity index (χ0v) is 10.4. The summed E-state index contributed by atoms with van der Waals surface area (Å²) in [5.41, 5.74) is 1.18. The van der Waals surface area contributed by atoms with Crippen LogP contribution in [0.1, 0.15) is 15.9 Å². The Bertz CT molecular complexity index is 672. The van der Waals surface area contributed by atoms with Crippen molar-refractivity contribution in [1.29, 1.82) is 0 Å². The van der Waals surface area contributed by atoms with E-state index in [1.165, 1.54) is 12.3 Å². The highest BCUT2D eigenvalue weighted by molar-refractivity contribution is 6.04. The number of nitrogens with zero attached hydrogens (tertiary/aromatic N) is 1. The number of hydrogen-bond acceptors (Lipinski definition) is 3. The minimum Gasteiger partial charge on any atom is -0.384 e. The molecule has 0 saturated carbocycles. The van der Waals surface area contributed by atoms with E-state index < -0.39 is 11.7 Å². The Labute approximate surface area is 115 Å². The van der Waals surface area contributed by atoms with E-state index >= 15 is 0 Å². The molecule has 0 saturated heterocycles. The van der Waals surface area contributed by atoms with Gasteiger partial charge in [0.1, 0.15) is 6.61 Å². The normalized spacial score (nSPS) is 9.50. The number of amides is 1. The van der Waals surface area contributed by atoms with Gasteiger partial charge in [0.25, 0.3) is 5.91 Å². The zero-order chi connectivity index (χ0) is 14.4. The predicted molar refractivity (Wildman–Crippen MR) is 72.6 cm³/mol. The molecular formula is C15H11FN2O2. The second-order valence-corrected chi connectivity index (χ2v) is 3.85. The molecule has 20 heavy (non-hydrogen) atoms. The Morgan fingerprint density at radius 1 is 1.30 bits per heavy atom. The predicted octanol–water partition coefficient (Wildman–Crippen LogP) is 1.82. The van der Waals surface area contributed by atoms with Gasteiger partial charge in [0.2, 0.25) is 0 Å². The minimum absolute atomic E-state index is 0.0656. The van der Waals surface area contributed by atoms with E-state index in [1.54, 1.807) is 24.3 Å². The van der Waals surface area contributed by atoms with Crippen LogP contribution in [0.4, 0.5) is 10.1 Å². The lowest BCUT2D eigenvalue weighted by molar-refractivity contribution is 0.102. The average Bonchev–Trinajstić information content (AvgIpc) is 2.47. The monoisotopic (exact) mass is 270 g/mol. The van der Waals surface area contributed by atoms with Gasteiger partial charge in [-0.2, -0.15) is 0 Å². The van der Waals surface area contributed by atoms with Crippen molar-refractivity contribution < 1.29 is 14.3 Å². The molecule has 1 aromatic carbocycles. The van der Waals surface area contributed by atoms with E-state index in [9.17, 15) is 9.18 Å². The van der Waals surface area contributed by atoms with Crippen LogP contribution in [0, 0.1) is 17.7 Å². The van der Waals surface area contributed by atoms with Gasteiger partial charge < -0.3 is 10.4 Å². The number of hydrogen-bond donors (Lipinski definition) is 2. The van der Waals surface area contributed by atoms with Gasteiger partial charge >= 0.3 is 0 Å². The van der Waals surface area contributed by atoms with Gasteiger partial charge in [-0.05, 0) is 30.3 Å². The third kappa shape index (κ3) is 3.40. The Morgan fingerprint density at radius 2 is 2.05 bits per heavy atom. The number of carbonyl (C=O) groups excluding carboxylic acids is 1. The number of rotatable bonds is 2. The molecule has 1 aromatic heterocycles. The van der Waals surface area contributed by atoms with Crippen molar-refractivity contribution >= 4 is 11.6 Å². The van der Waals surface area contributed by atoms with Gasteiger partial charge in [-0.1, -0.05) is 11.8 Å². The van der Waals surface area contributed by atoms with Gasteiger partial charge in [-0.15, -0.1) is 0 Å². The topological polar surface area (TPSA) is 62.2 Å². The summed E-state index contributed by atoms with van der Waals surface area (Å²) < 4.78 is 13.4. The first-order chi connectivity index (χ1) is 9.70. The lowest BCUT2D eigenvalue weighted by Crippen LogP contribution is -2.13. The molecule has 100 valence electrons. The molecule has 0 aliphatic rings. The molecule has 0 aliphatic heterocycles. The summed E-state index contributed by atoms with van der Waals surface area (Å²) in [6.45, 7) is -0.209. The van der Waals surface area contributed by atoms with Crippen LogP contribution < -0.4 is 5.32 Å². The number of halogens is 1. The molecule has 2 N–H and O–H groups in total. The molecule has 0 atom stereocenters. The van der Waals surface area contributed by atoms with Crippen LogP contribution in [-0.2, 0) is 0 Å². The highest BCUT2D eigenvalue weighted by atomic mass is 19.1. The van der Waals surface area contributed by atoms with Gasteiger partial charge in [0.05, 0.1) is 11.8 Å². The number of benzene rings is 1. The van der Waals surface area contributed by atoms with Crippen molar-refractivity contribution in [2.75, 3.05) is 11.9 Å². The molecule has 0 bridgehead atoms. The fourth-order valence-electron chi connectivity index (χ4n) is 1.54. The Hall–Kier alpha value is -2.71. The lowest BCUT2D eigenvalue weighted by atomic mass is 10.2. The maximum absolute atomic E-state index is 13.4. The van der Waals surface area contributed by atoms with Crippen molar-refractivity contribution in [3.63, 3.8) is 0 Å². The fourth-order valence-corrected chi connectivity index (χ4v) is 1.54. The fraction of sp³-hybridized carbons (Fsp3) is 0.0667. The first kappa shape index (κ1) is 13.7. The highest BCUT2D eigenvalue weighted by Crippen LogP contribution is 2.12.